The topological polar surface area (TPSA) is 81.4 Å². The molecule has 0 spiro atoms. The molecule has 2 rings (SSSR count). The number of halogens is 1. The number of carbonyl (C=O) groups is 2. The number of amides is 1. The van der Waals surface area contributed by atoms with E-state index in [1.54, 1.807) is 6.07 Å². The second-order valence-electron chi connectivity index (χ2n) is 4.68. The maximum absolute atomic E-state index is 13.3. The van der Waals surface area contributed by atoms with Crippen molar-refractivity contribution in [3.8, 4) is 6.07 Å². The largest absolute Gasteiger partial charge is 0.481 e. The van der Waals surface area contributed by atoms with Gasteiger partial charge in [-0.3, -0.25) is 14.5 Å². The summed E-state index contributed by atoms with van der Waals surface area (Å²) in [5, 5.41) is 17.4. The Morgan fingerprint density at radius 1 is 1.52 bits per heavy atom. The van der Waals surface area contributed by atoms with Crippen LogP contribution >= 0.6 is 24.0 Å². The van der Waals surface area contributed by atoms with Crippen molar-refractivity contribution in [3.63, 3.8) is 0 Å². The number of carboxylic acids is 1. The third kappa shape index (κ3) is 4.15. The fourth-order valence-corrected chi connectivity index (χ4v) is 3.26. The summed E-state index contributed by atoms with van der Waals surface area (Å²) in [4.78, 5) is 24.5. The molecule has 1 aromatic carbocycles. The number of nitrogens with zero attached hydrogens (tertiary/aromatic N) is 2. The Kier molecular flexibility index (Phi) is 5.47. The van der Waals surface area contributed by atoms with Crippen LogP contribution in [0.25, 0.3) is 6.08 Å². The summed E-state index contributed by atoms with van der Waals surface area (Å²) in [7, 11) is 0. The van der Waals surface area contributed by atoms with Gasteiger partial charge in [0.15, 0.2) is 0 Å². The zero-order valence-electron chi connectivity index (χ0n) is 11.8. The van der Waals surface area contributed by atoms with E-state index in [0.29, 0.717) is 21.2 Å². The number of thiocarbonyl (C=S) groups is 1. The number of benzene rings is 1. The fourth-order valence-electron chi connectivity index (χ4n) is 1.95. The molecule has 1 N–H and O–H groups in total. The Bertz CT molecular complexity index is 756. The molecule has 1 heterocycles. The summed E-state index contributed by atoms with van der Waals surface area (Å²) in [5.74, 6) is -1.86. The molecule has 0 radical (unpaired) electrons. The number of carboxylic acid groups (broad SMARTS) is 1. The van der Waals surface area contributed by atoms with Crippen LogP contribution in [-0.4, -0.2) is 32.7 Å². The Labute approximate surface area is 141 Å². The van der Waals surface area contributed by atoms with Gasteiger partial charge in [0.1, 0.15) is 16.2 Å². The summed E-state index contributed by atoms with van der Waals surface area (Å²) in [6.45, 7) is 0.237. The first-order valence-electron chi connectivity index (χ1n) is 6.59. The highest BCUT2D eigenvalue weighted by atomic mass is 32.2. The number of carbonyl (C=O) groups excluding carboxylic acids is 1. The van der Waals surface area contributed by atoms with Crippen molar-refractivity contribution >= 4 is 46.3 Å². The monoisotopic (exact) mass is 350 g/mol. The molecule has 1 fully saturated rings. The second-order valence-corrected chi connectivity index (χ2v) is 6.36. The van der Waals surface area contributed by atoms with E-state index in [1.807, 2.05) is 0 Å². The lowest BCUT2D eigenvalue weighted by Gasteiger charge is -2.13. The van der Waals surface area contributed by atoms with E-state index in [-0.39, 0.29) is 24.4 Å². The third-order valence-corrected chi connectivity index (χ3v) is 4.43. The highest BCUT2D eigenvalue weighted by molar-refractivity contribution is 8.26. The normalized spacial score (nSPS) is 16.0. The van der Waals surface area contributed by atoms with Gasteiger partial charge in [-0.05, 0) is 30.2 Å². The minimum atomic E-state index is -0.929. The van der Waals surface area contributed by atoms with Crippen LogP contribution in [0.2, 0.25) is 0 Å². The molecule has 0 aliphatic carbocycles. The van der Waals surface area contributed by atoms with Crippen LogP contribution in [0.15, 0.2) is 23.1 Å². The van der Waals surface area contributed by atoms with Gasteiger partial charge in [0, 0.05) is 13.0 Å². The van der Waals surface area contributed by atoms with Gasteiger partial charge in [0.05, 0.1) is 10.5 Å². The van der Waals surface area contributed by atoms with Crippen LogP contribution in [0, 0.1) is 17.1 Å². The van der Waals surface area contributed by atoms with E-state index in [9.17, 15) is 14.0 Å². The van der Waals surface area contributed by atoms with E-state index in [1.165, 1.54) is 23.1 Å². The van der Waals surface area contributed by atoms with Gasteiger partial charge in [0.2, 0.25) is 0 Å². The SMILES string of the molecule is N#Cc1cc(C=C2SC(=S)N(CCCC(=O)O)C2=O)ccc1F. The van der Waals surface area contributed by atoms with Crippen molar-refractivity contribution in [1.29, 1.82) is 5.26 Å². The third-order valence-electron chi connectivity index (χ3n) is 3.05. The highest BCUT2D eigenvalue weighted by Gasteiger charge is 2.31. The van der Waals surface area contributed by atoms with Gasteiger partial charge >= 0.3 is 5.97 Å². The molecule has 0 saturated carbocycles. The van der Waals surface area contributed by atoms with Crippen molar-refractivity contribution in [2.45, 2.75) is 12.8 Å². The maximum atomic E-state index is 13.3. The highest BCUT2D eigenvalue weighted by Crippen LogP contribution is 2.32. The Balaban J connectivity index is 2.15. The molecule has 1 amide bonds. The Morgan fingerprint density at radius 3 is 2.91 bits per heavy atom. The minimum Gasteiger partial charge on any atom is -0.481 e. The molecular formula is C15H11FN2O3S2. The molecule has 0 unspecified atom stereocenters. The molecule has 0 bridgehead atoms. The van der Waals surface area contributed by atoms with Gasteiger partial charge in [0.25, 0.3) is 5.91 Å². The molecule has 1 aromatic rings. The average molecular weight is 350 g/mol. The van der Waals surface area contributed by atoms with E-state index in [4.69, 9.17) is 22.6 Å². The first kappa shape index (κ1) is 17.1. The van der Waals surface area contributed by atoms with Crippen molar-refractivity contribution < 1.29 is 19.1 Å². The lowest BCUT2D eigenvalue weighted by atomic mass is 10.1. The number of nitriles is 1. The van der Waals surface area contributed by atoms with E-state index < -0.39 is 11.8 Å². The van der Waals surface area contributed by atoms with Gasteiger partial charge in [-0.1, -0.05) is 30.0 Å². The van der Waals surface area contributed by atoms with Crippen molar-refractivity contribution in [3.05, 3.63) is 40.0 Å². The predicted octanol–water partition coefficient (Wildman–Crippen LogP) is 2.76. The van der Waals surface area contributed by atoms with Gasteiger partial charge in [-0.25, -0.2) is 4.39 Å². The molecule has 118 valence electrons. The van der Waals surface area contributed by atoms with Crippen LogP contribution in [0.1, 0.15) is 24.0 Å². The van der Waals surface area contributed by atoms with Gasteiger partial charge in [-0.15, -0.1) is 0 Å². The quantitative estimate of drug-likeness (QED) is 0.650. The van der Waals surface area contributed by atoms with E-state index in [2.05, 4.69) is 0 Å². The lowest BCUT2D eigenvalue weighted by molar-refractivity contribution is -0.137. The zero-order valence-corrected chi connectivity index (χ0v) is 13.4. The molecule has 5 nitrogen and oxygen atoms in total. The van der Waals surface area contributed by atoms with Crippen molar-refractivity contribution in [1.82, 2.24) is 4.90 Å². The second kappa shape index (κ2) is 7.35. The average Bonchev–Trinajstić information content (AvgIpc) is 2.76. The fraction of sp³-hybridized carbons (Fsp3) is 0.200. The molecular weight excluding hydrogens is 339 g/mol. The predicted molar refractivity (Wildman–Crippen MR) is 87.9 cm³/mol. The Morgan fingerprint density at radius 2 is 2.26 bits per heavy atom. The smallest absolute Gasteiger partial charge is 0.303 e. The molecule has 23 heavy (non-hydrogen) atoms. The van der Waals surface area contributed by atoms with Crippen molar-refractivity contribution in [2.24, 2.45) is 0 Å². The summed E-state index contributed by atoms with van der Waals surface area (Å²) in [6, 6.07) is 5.72. The Hall–Kier alpha value is -2.24. The van der Waals surface area contributed by atoms with Crippen molar-refractivity contribution in [2.75, 3.05) is 6.54 Å². The lowest BCUT2D eigenvalue weighted by Crippen LogP contribution is -2.29. The van der Waals surface area contributed by atoms with Crippen LogP contribution in [0.3, 0.4) is 0 Å². The van der Waals surface area contributed by atoms with E-state index in [0.717, 1.165) is 17.8 Å². The first-order chi connectivity index (χ1) is 10.9. The van der Waals surface area contributed by atoms with Gasteiger partial charge in [-0.2, -0.15) is 5.26 Å². The summed E-state index contributed by atoms with van der Waals surface area (Å²) in [6.07, 6.45) is 1.81. The maximum Gasteiger partial charge on any atom is 0.303 e. The molecule has 1 saturated heterocycles. The van der Waals surface area contributed by atoms with E-state index >= 15 is 0 Å². The molecule has 0 aromatic heterocycles. The molecule has 0 atom stereocenters. The van der Waals surface area contributed by atoms with Gasteiger partial charge < -0.3 is 5.11 Å². The summed E-state index contributed by atoms with van der Waals surface area (Å²) >= 11 is 6.22. The van der Waals surface area contributed by atoms with Crippen LogP contribution in [0.4, 0.5) is 4.39 Å². The first-order valence-corrected chi connectivity index (χ1v) is 7.81. The number of hydrogen-bond donors (Lipinski definition) is 1. The van der Waals surface area contributed by atoms with Crippen LogP contribution < -0.4 is 0 Å². The molecule has 1 aliphatic heterocycles. The van der Waals surface area contributed by atoms with Crippen LogP contribution in [-0.2, 0) is 9.59 Å². The standard InChI is InChI=1S/C15H11FN2O3S2/c16-11-4-3-9(6-10(11)8-17)7-12-14(21)18(15(22)23-12)5-1-2-13(19)20/h3-4,6-7H,1-2,5H2,(H,19,20). The molecule has 1 aliphatic rings. The zero-order chi connectivity index (χ0) is 17.0. The number of hydrogen-bond acceptors (Lipinski definition) is 5. The number of aliphatic carboxylic acids is 1. The molecule has 8 heteroatoms. The van der Waals surface area contributed by atoms with Crippen LogP contribution in [0.5, 0.6) is 0 Å². The summed E-state index contributed by atoms with van der Waals surface area (Å²) in [5.41, 5.74) is 0.421. The number of rotatable bonds is 5. The number of thioether (sulfide) groups is 1. The minimum absolute atomic E-state index is 0.0421. The summed E-state index contributed by atoms with van der Waals surface area (Å²) < 4.78 is 13.7.